The molecule has 0 radical (unpaired) electrons. The number of fused-ring (bicyclic) bond motifs is 2. The van der Waals surface area contributed by atoms with E-state index in [4.69, 9.17) is 27.9 Å². The van der Waals surface area contributed by atoms with E-state index in [-0.39, 0.29) is 17.8 Å². The van der Waals surface area contributed by atoms with Gasteiger partial charge in [-0.2, -0.15) is 0 Å². The molecule has 0 saturated carbocycles. The predicted octanol–water partition coefficient (Wildman–Crippen LogP) is 7.86. The molecule has 0 saturated heterocycles. The van der Waals surface area contributed by atoms with Gasteiger partial charge in [0.15, 0.2) is 23.1 Å². The Morgan fingerprint density at radius 1 is 0.768 bits per heavy atom. The Bertz CT molecular complexity index is 2660. The van der Waals surface area contributed by atoms with E-state index in [1.165, 1.54) is 22.3 Å². The summed E-state index contributed by atoms with van der Waals surface area (Å²) >= 11 is 0. The van der Waals surface area contributed by atoms with Crippen molar-refractivity contribution in [2.45, 2.75) is 24.9 Å². The van der Waals surface area contributed by atoms with Crippen LogP contribution in [0.15, 0.2) is 136 Å². The highest BCUT2D eigenvalue weighted by Gasteiger charge is 2.43. The number of nitrogens with one attached hydrogen (secondary N) is 1. The van der Waals surface area contributed by atoms with Crippen molar-refractivity contribution in [2.75, 3.05) is 14.1 Å². The van der Waals surface area contributed by atoms with E-state index < -0.39 is 11.1 Å². The minimum absolute atomic E-state index is 0.103. The number of carbonyl (C=O) groups excluding carboxylic acids is 2. The Hall–Kier alpha value is -7.77. The number of aliphatic imine (C=N–C) groups is 1. The molecule has 0 aliphatic carbocycles. The highest BCUT2D eigenvalue weighted by atomic mass is 16.5. The number of carbonyl (C=O) groups is 2. The van der Waals surface area contributed by atoms with Crippen LogP contribution < -0.4 is 11.1 Å². The largest absolute Gasteiger partial charge is 0.369 e. The van der Waals surface area contributed by atoms with Crippen molar-refractivity contribution in [3.8, 4) is 22.3 Å². The Balaban J connectivity index is 0.000000172. The second-order valence-corrected chi connectivity index (χ2v) is 13.6. The van der Waals surface area contributed by atoms with Crippen LogP contribution in [-0.4, -0.2) is 52.0 Å². The molecule has 4 heterocycles. The zero-order chi connectivity index (χ0) is 39.8. The SMILES string of the molecule is [C-]#[N+]c1cccc(-c2cccc(C3(C)N=C(N)N(C)C(=O)c4conc43)c2)c1.[C-]#[N+]c1cccc(-c2cccc(C3(C)NC(=C)N(C)C(=O)c4cnoc43)c2)c1. The minimum atomic E-state index is -1.000. The van der Waals surface area contributed by atoms with Gasteiger partial charge in [-0.05, 0) is 71.5 Å². The molecule has 276 valence electrons. The first-order chi connectivity index (χ1) is 26.9. The molecular formula is C43H35N9O4. The maximum Gasteiger partial charge on any atom is 0.265 e. The van der Waals surface area contributed by atoms with E-state index in [0.717, 1.165) is 33.4 Å². The summed E-state index contributed by atoms with van der Waals surface area (Å²) in [6.45, 7) is 22.2. The zero-order valence-electron chi connectivity index (χ0n) is 30.9. The molecule has 2 atom stereocenters. The van der Waals surface area contributed by atoms with Crippen LogP contribution >= 0.6 is 0 Å². The van der Waals surface area contributed by atoms with Gasteiger partial charge in [0.2, 0.25) is 0 Å². The molecular weight excluding hydrogens is 707 g/mol. The average Bonchev–Trinajstić information content (AvgIpc) is 3.92. The third-order valence-electron chi connectivity index (χ3n) is 10.1. The van der Waals surface area contributed by atoms with Gasteiger partial charge in [-0.3, -0.25) is 19.4 Å². The van der Waals surface area contributed by atoms with Crippen LogP contribution in [0.25, 0.3) is 31.9 Å². The second kappa shape index (κ2) is 14.2. The molecule has 13 nitrogen and oxygen atoms in total. The van der Waals surface area contributed by atoms with Gasteiger partial charge in [-0.15, -0.1) is 0 Å². The average molecular weight is 742 g/mol. The Labute approximate surface area is 323 Å². The molecule has 2 aliphatic rings. The monoisotopic (exact) mass is 741 g/mol. The van der Waals surface area contributed by atoms with E-state index >= 15 is 0 Å². The number of aromatic nitrogens is 2. The van der Waals surface area contributed by atoms with Crippen molar-refractivity contribution in [1.82, 2.24) is 25.4 Å². The third kappa shape index (κ3) is 6.33. The zero-order valence-corrected chi connectivity index (χ0v) is 30.9. The third-order valence-corrected chi connectivity index (χ3v) is 10.1. The maximum atomic E-state index is 12.7. The van der Waals surface area contributed by atoms with Gasteiger partial charge >= 0.3 is 0 Å². The molecule has 3 N–H and O–H groups in total. The lowest BCUT2D eigenvalue weighted by Crippen LogP contribution is -2.41. The van der Waals surface area contributed by atoms with Crippen LogP contribution in [0, 0.1) is 13.1 Å². The number of rotatable bonds is 4. The lowest BCUT2D eigenvalue weighted by Gasteiger charge is -2.31. The van der Waals surface area contributed by atoms with Crippen LogP contribution in [-0.2, 0) is 11.1 Å². The van der Waals surface area contributed by atoms with Gasteiger partial charge in [0, 0.05) is 14.1 Å². The standard InChI is InChI=1S/C22H18N4O2.C21H17N5O2/c1-14-25-22(2,20-19(13-24-28-20)21(27)26(14)4)17-9-5-7-15(11-17)16-8-6-10-18(12-16)23-3;1-21(18-17(12-28-25-18)19(27)26(3)20(22)24-21)15-8-4-6-13(10-15)14-7-5-9-16(11-14)23-2/h5-13,25H,1H2,2,4H3;4-12H,1,3H3,(H2,22,24). The summed E-state index contributed by atoms with van der Waals surface area (Å²) in [6, 6.07) is 30.5. The van der Waals surface area contributed by atoms with Crippen molar-refractivity contribution < 1.29 is 18.6 Å². The highest BCUT2D eigenvalue weighted by Crippen LogP contribution is 2.40. The van der Waals surface area contributed by atoms with Crippen molar-refractivity contribution in [3.63, 3.8) is 0 Å². The van der Waals surface area contributed by atoms with Crippen molar-refractivity contribution >= 4 is 29.1 Å². The van der Waals surface area contributed by atoms with E-state index in [2.05, 4.69) is 36.9 Å². The number of hydrogen-bond donors (Lipinski definition) is 2. The van der Waals surface area contributed by atoms with Gasteiger partial charge in [-0.1, -0.05) is 89.7 Å². The molecule has 2 unspecified atom stereocenters. The fourth-order valence-corrected chi connectivity index (χ4v) is 6.79. The molecule has 8 rings (SSSR count). The molecule has 2 amide bonds. The first-order valence-corrected chi connectivity index (χ1v) is 17.3. The van der Waals surface area contributed by atoms with Crippen molar-refractivity contribution in [1.29, 1.82) is 0 Å². The summed E-state index contributed by atoms with van der Waals surface area (Å²) in [6.07, 6.45) is 2.76. The minimum Gasteiger partial charge on any atom is -0.369 e. The number of guanidine groups is 1. The van der Waals surface area contributed by atoms with Crippen LogP contribution in [0.2, 0.25) is 0 Å². The first kappa shape index (κ1) is 36.6. The van der Waals surface area contributed by atoms with Gasteiger partial charge in [-0.25, -0.2) is 14.7 Å². The Morgan fingerprint density at radius 2 is 1.30 bits per heavy atom. The quantitative estimate of drug-likeness (QED) is 0.173. The summed E-state index contributed by atoms with van der Waals surface area (Å²) in [5.74, 6) is 0.473. The van der Waals surface area contributed by atoms with Crippen molar-refractivity contribution in [3.05, 3.63) is 178 Å². The topological polar surface area (TPSA) is 152 Å². The van der Waals surface area contributed by atoms with Crippen LogP contribution in [0.5, 0.6) is 0 Å². The molecule has 2 aromatic heterocycles. The molecule has 2 aliphatic heterocycles. The number of benzene rings is 4. The van der Waals surface area contributed by atoms with Gasteiger partial charge in [0.1, 0.15) is 40.0 Å². The lowest BCUT2D eigenvalue weighted by atomic mass is 9.85. The normalized spacial score (nSPS) is 18.8. The number of nitrogens with two attached hydrogens (primary N) is 1. The van der Waals surface area contributed by atoms with E-state index in [1.807, 2.05) is 98.8 Å². The van der Waals surface area contributed by atoms with Gasteiger partial charge in [0.25, 0.3) is 11.8 Å². The molecule has 6 aromatic rings. The summed E-state index contributed by atoms with van der Waals surface area (Å²) in [4.78, 5) is 39.7. The van der Waals surface area contributed by atoms with E-state index in [1.54, 1.807) is 26.2 Å². The molecule has 0 fully saturated rings. The molecule has 0 spiro atoms. The van der Waals surface area contributed by atoms with Gasteiger partial charge < -0.3 is 20.1 Å². The summed E-state index contributed by atoms with van der Waals surface area (Å²) < 4.78 is 10.6. The fourth-order valence-electron chi connectivity index (χ4n) is 6.79. The van der Waals surface area contributed by atoms with Crippen LogP contribution in [0.4, 0.5) is 11.4 Å². The second-order valence-electron chi connectivity index (χ2n) is 13.6. The number of nitrogens with zero attached hydrogens (tertiary/aromatic N) is 7. The van der Waals surface area contributed by atoms with Crippen LogP contribution in [0.1, 0.15) is 57.1 Å². The summed E-state index contributed by atoms with van der Waals surface area (Å²) in [5.41, 5.74) is 12.0. The van der Waals surface area contributed by atoms with Gasteiger partial charge in [0.05, 0.1) is 19.3 Å². The summed E-state index contributed by atoms with van der Waals surface area (Å²) in [7, 11) is 3.22. The van der Waals surface area contributed by atoms with Crippen molar-refractivity contribution in [2.24, 2.45) is 10.7 Å². The fraction of sp³-hybridized carbons (Fsp3) is 0.140. The summed E-state index contributed by atoms with van der Waals surface area (Å²) in [5, 5.41) is 11.2. The maximum absolute atomic E-state index is 12.7. The number of amides is 2. The highest BCUT2D eigenvalue weighted by molar-refractivity contribution is 6.07. The smallest absolute Gasteiger partial charge is 0.265 e. The molecule has 13 heteroatoms. The lowest BCUT2D eigenvalue weighted by molar-refractivity contribution is 0.0830. The Morgan fingerprint density at radius 3 is 1.91 bits per heavy atom. The first-order valence-electron chi connectivity index (χ1n) is 17.3. The van der Waals surface area contributed by atoms with Crippen LogP contribution in [0.3, 0.4) is 0 Å². The molecule has 4 aromatic carbocycles. The predicted molar refractivity (Wildman–Crippen MR) is 210 cm³/mol. The Kier molecular flexibility index (Phi) is 9.29. The molecule has 0 bridgehead atoms. The molecule has 56 heavy (non-hydrogen) atoms. The van der Waals surface area contributed by atoms with E-state index in [9.17, 15) is 9.59 Å². The van der Waals surface area contributed by atoms with E-state index in [0.29, 0.717) is 39.8 Å². The number of hydrogen-bond acceptors (Lipinski definition) is 9.